The Kier molecular flexibility index (Phi) is 3.02. The van der Waals surface area contributed by atoms with E-state index in [9.17, 15) is 4.79 Å². The number of nitrogens with zero attached hydrogens (tertiary/aromatic N) is 1. The van der Waals surface area contributed by atoms with Crippen molar-refractivity contribution in [1.29, 1.82) is 0 Å². The number of rotatable bonds is 1. The summed E-state index contributed by atoms with van der Waals surface area (Å²) in [4.78, 5) is 13.9. The summed E-state index contributed by atoms with van der Waals surface area (Å²) in [6, 6.07) is 8.68. The van der Waals surface area contributed by atoms with Crippen LogP contribution in [0.4, 0.5) is 0 Å². The fraction of sp³-hybridized carbons (Fsp3) is 0.417. The van der Waals surface area contributed by atoms with Crippen molar-refractivity contribution in [2.45, 2.75) is 6.92 Å². The van der Waals surface area contributed by atoms with Crippen LogP contribution in [0.1, 0.15) is 15.9 Å². The van der Waals surface area contributed by atoms with Crippen molar-refractivity contribution in [1.82, 2.24) is 10.2 Å². The maximum atomic E-state index is 12.0. The molecule has 0 unspecified atom stereocenters. The summed E-state index contributed by atoms with van der Waals surface area (Å²) < 4.78 is 0. The van der Waals surface area contributed by atoms with E-state index in [4.69, 9.17) is 0 Å². The van der Waals surface area contributed by atoms with E-state index in [0.717, 1.165) is 31.7 Å². The van der Waals surface area contributed by atoms with E-state index < -0.39 is 0 Å². The molecule has 1 aromatic carbocycles. The zero-order chi connectivity index (χ0) is 10.7. The number of hydrogen-bond donors (Lipinski definition) is 1. The Morgan fingerprint density at radius 2 is 2.13 bits per heavy atom. The van der Waals surface area contributed by atoms with Gasteiger partial charge in [-0.05, 0) is 19.1 Å². The third kappa shape index (κ3) is 2.36. The number of nitrogens with one attached hydrogen (secondary N) is 1. The summed E-state index contributed by atoms with van der Waals surface area (Å²) in [5.74, 6) is 0.0940. The van der Waals surface area contributed by atoms with Gasteiger partial charge < -0.3 is 10.2 Å². The fourth-order valence-electron chi connectivity index (χ4n) is 1.67. The highest BCUT2D eigenvalue weighted by molar-refractivity contribution is 5.94. The SMILES string of the molecule is Cc1c[c]c(C(=O)N2CCNCC2)cc1. The first-order valence-corrected chi connectivity index (χ1v) is 5.26. The van der Waals surface area contributed by atoms with Crippen molar-refractivity contribution in [2.75, 3.05) is 26.2 Å². The molecule has 79 valence electrons. The van der Waals surface area contributed by atoms with Crippen LogP contribution < -0.4 is 5.32 Å². The summed E-state index contributed by atoms with van der Waals surface area (Å²) in [6.07, 6.45) is 0. The van der Waals surface area contributed by atoms with Gasteiger partial charge in [-0.3, -0.25) is 4.79 Å². The average Bonchev–Trinajstić information content (AvgIpc) is 2.30. The minimum atomic E-state index is 0.0940. The molecule has 1 fully saturated rings. The Morgan fingerprint density at radius 1 is 1.40 bits per heavy atom. The lowest BCUT2D eigenvalue weighted by Crippen LogP contribution is -2.46. The number of amides is 1. The van der Waals surface area contributed by atoms with E-state index >= 15 is 0 Å². The van der Waals surface area contributed by atoms with Crippen LogP contribution in [0.2, 0.25) is 0 Å². The molecule has 0 atom stereocenters. The van der Waals surface area contributed by atoms with E-state index in [1.54, 1.807) is 0 Å². The number of piperazine rings is 1. The predicted molar refractivity (Wildman–Crippen MR) is 58.8 cm³/mol. The molecule has 1 heterocycles. The third-order valence-electron chi connectivity index (χ3n) is 2.60. The maximum absolute atomic E-state index is 12.0. The Bertz CT molecular complexity index is 339. The Morgan fingerprint density at radius 3 is 2.73 bits per heavy atom. The lowest BCUT2D eigenvalue weighted by molar-refractivity contribution is 0.0735. The van der Waals surface area contributed by atoms with E-state index in [0.29, 0.717) is 5.56 Å². The van der Waals surface area contributed by atoms with Gasteiger partial charge in [0.15, 0.2) is 0 Å². The second-order valence-corrected chi connectivity index (χ2v) is 3.82. The number of carbonyl (C=O) groups is 1. The van der Waals surface area contributed by atoms with Gasteiger partial charge in [-0.15, -0.1) is 0 Å². The van der Waals surface area contributed by atoms with Gasteiger partial charge in [-0.2, -0.15) is 0 Å². The van der Waals surface area contributed by atoms with Crippen LogP contribution in [0.3, 0.4) is 0 Å². The Balaban J connectivity index is 2.09. The number of carbonyl (C=O) groups excluding carboxylic acids is 1. The predicted octanol–water partition coefficient (Wildman–Crippen LogP) is 0.841. The van der Waals surface area contributed by atoms with E-state index in [1.165, 1.54) is 0 Å². The molecule has 1 aromatic rings. The highest BCUT2D eigenvalue weighted by Crippen LogP contribution is 2.06. The molecule has 1 saturated heterocycles. The van der Waals surface area contributed by atoms with Crippen molar-refractivity contribution in [2.24, 2.45) is 0 Å². The van der Waals surface area contributed by atoms with Gasteiger partial charge in [0.1, 0.15) is 0 Å². The summed E-state index contributed by atoms with van der Waals surface area (Å²) in [5, 5.41) is 3.23. The van der Waals surface area contributed by atoms with Gasteiger partial charge in [-0.25, -0.2) is 0 Å². The molecule has 1 N–H and O–H groups in total. The molecule has 1 radical (unpaired) electrons. The van der Waals surface area contributed by atoms with E-state index in [1.807, 2.05) is 30.0 Å². The molecule has 1 aliphatic heterocycles. The largest absolute Gasteiger partial charge is 0.336 e. The standard InChI is InChI=1S/C12H15N2O/c1-10-2-4-11(5-3-10)12(15)14-8-6-13-7-9-14/h2-4,13H,6-9H2,1H3. The van der Waals surface area contributed by atoms with Crippen molar-refractivity contribution >= 4 is 5.91 Å². The minimum absolute atomic E-state index is 0.0940. The quantitative estimate of drug-likeness (QED) is 0.733. The Labute approximate surface area is 90.1 Å². The lowest BCUT2D eigenvalue weighted by Gasteiger charge is -2.27. The topological polar surface area (TPSA) is 32.3 Å². The first-order chi connectivity index (χ1) is 7.27. The summed E-state index contributed by atoms with van der Waals surface area (Å²) in [6.45, 7) is 5.35. The second-order valence-electron chi connectivity index (χ2n) is 3.82. The first-order valence-electron chi connectivity index (χ1n) is 5.26. The summed E-state index contributed by atoms with van der Waals surface area (Å²) in [7, 11) is 0. The highest BCUT2D eigenvalue weighted by atomic mass is 16.2. The molecule has 0 spiro atoms. The normalized spacial score (nSPS) is 16.5. The molecular formula is C12H15N2O. The minimum Gasteiger partial charge on any atom is -0.336 e. The highest BCUT2D eigenvalue weighted by Gasteiger charge is 2.17. The van der Waals surface area contributed by atoms with Crippen LogP contribution in [0.25, 0.3) is 0 Å². The second kappa shape index (κ2) is 4.45. The number of benzene rings is 1. The molecule has 3 heteroatoms. The van der Waals surface area contributed by atoms with Crippen LogP contribution in [-0.4, -0.2) is 37.0 Å². The van der Waals surface area contributed by atoms with Gasteiger partial charge >= 0.3 is 0 Å². The molecule has 3 nitrogen and oxygen atoms in total. The summed E-state index contributed by atoms with van der Waals surface area (Å²) in [5.41, 5.74) is 1.80. The number of aryl methyl sites for hydroxylation is 1. The van der Waals surface area contributed by atoms with Gasteiger partial charge in [0.25, 0.3) is 5.91 Å². The Hall–Kier alpha value is -1.35. The summed E-state index contributed by atoms with van der Waals surface area (Å²) >= 11 is 0. The van der Waals surface area contributed by atoms with E-state index in [2.05, 4.69) is 11.4 Å². The van der Waals surface area contributed by atoms with Gasteiger partial charge in [0, 0.05) is 31.7 Å². The molecule has 15 heavy (non-hydrogen) atoms. The van der Waals surface area contributed by atoms with Crippen LogP contribution in [-0.2, 0) is 0 Å². The lowest BCUT2D eigenvalue weighted by atomic mass is 10.1. The smallest absolute Gasteiger partial charge is 0.254 e. The zero-order valence-electron chi connectivity index (χ0n) is 8.92. The van der Waals surface area contributed by atoms with Gasteiger partial charge in [0.05, 0.1) is 0 Å². The number of hydrogen-bond acceptors (Lipinski definition) is 2. The molecule has 1 amide bonds. The van der Waals surface area contributed by atoms with Gasteiger partial charge in [0.2, 0.25) is 0 Å². The van der Waals surface area contributed by atoms with Crippen LogP contribution in [0, 0.1) is 13.0 Å². The van der Waals surface area contributed by atoms with Gasteiger partial charge in [-0.1, -0.05) is 17.7 Å². The fourth-order valence-corrected chi connectivity index (χ4v) is 1.67. The van der Waals surface area contributed by atoms with Crippen molar-refractivity contribution in [3.63, 3.8) is 0 Å². The first kappa shape index (κ1) is 10.2. The van der Waals surface area contributed by atoms with Crippen molar-refractivity contribution < 1.29 is 4.79 Å². The molecule has 0 bridgehead atoms. The van der Waals surface area contributed by atoms with Crippen LogP contribution in [0.15, 0.2) is 18.2 Å². The molecule has 0 aromatic heterocycles. The van der Waals surface area contributed by atoms with Crippen molar-refractivity contribution in [3.8, 4) is 0 Å². The average molecular weight is 203 g/mol. The molecule has 2 rings (SSSR count). The van der Waals surface area contributed by atoms with Crippen LogP contribution >= 0.6 is 0 Å². The molecular weight excluding hydrogens is 188 g/mol. The third-order valence-corrected chi connectivity index (χ3v) is 2.60. The molecule has 0 aliphatic carbocycles. The molecule has 1 aliphatic rings. The van der Waals surface area contributed by atoms with Crippen molar-refractivity contribution in [3.05, 3.63) is 35.4 Å². The molecule has 0 saturated carbocycles. The maximum Gasteiger partial charge on any atom is 0.254 e. The monoisotopic (exact) mass is 203 g/mol. The zero-order valence-corrected chi connectivity index (χ0v) is 8.92. The van der Waals surface area contributed by atoms with E-state index in [-0.39, 0.29) is 5.91 Å². The van der Waals surface area contributed by atoms with Crippen LogP contribution in [0.5, 0.6) is 0 Å².